The maximum atomic E-state index is 13.4. The molecule has 0 spiro atoms. The highest BCUT2D eigenvalue weighted by Crippen LogP contribution is 2.33. The molecule has 0 radical (unpaired) electrons. The van der Waals surface area contributed by atoms with Crippen LogP contribution in [0.4, 0.5) is 0 Å². The van der Waals surface area contributed by atoms with E-state index in [1.165, 1.54) is 16.9 Å². The third-order valence-corrected chi connectivity index (χ3v) is 5.86. The van der Waals surface area contributed by atoms with Gasteiger partial charge >= 0.3 is 0 Å². The average molecular weight is 397 g/mol. The van der Waals surface area contributed by atoms with Crippen molar-refractivity contribution in [2.45, 2.75) is 65.8 Å². The monoisotopic (exact) mass is 396 g/mol. The highest BCUT2D eigenvalue weighted by atomic mass is 32.1. The number of ketones is 1. The summed E-state index contributed by atoms with van der Waals surface area (Å²) in [5.41, 5.74) is 3.24. The molecule has 0 unspecified atom stereocenters. The smallest absolute Gasteiger partial charge is 0.262 e. The first kappa shape index (κ1) is 20.5. The lowest BCUT2D eigenvalue weighted by Crippen LogP contribution is -2.26. The Morgan fingerprint density at radius 2 is 1.82 bits per heavy atom. The molecule has 0 aliphatic carbocycles. The highest BCUT2D eigenvalue weighted by Gasteiger charge is 2.19. The second-order valence-corrected chi connectivity index (χ2v) is 9.55. The van der Waals surface area contributed by atoms with Gasteiger partial charge in [0.2, 0.25) is 0 Å². The predicted octanol–water partition coefficient (Wildman–Crippen LogP) is 5.53. The first-order chi connectivity index (χ1) is 13.1. The van der Waals surface area contributed by atoms with E-state index in [1.54, 1.807) is 11.5 Å². The number of aromatic nitrogens is 2. The molecule has 4 nitrogen and oxygen atoms in total. The van der Waals surface area contributed by atoms with Crippen molar-refractivity contribution in [2.24, 2.45) is 0 Å². The lowest BCUT2D eigenvalue weighted by Gasteiger charge is -2.19. The van der Waals surface area contributed by atoms with Gasteiger partial charge in [-0.2, -0.15) is 0 Å². The SMILES string of the molecule is CC(=O)CCn1c(C(C)C)nc2scc(-c3ccc(C(C)(C)C)cc3)c2c1=O. The first-order valence-corrected chi connectivity index (χ1v) is 10.6. The van der Waals surface area contributed by atoms with Crippen molar-refractivity contribution in [3.63, 3.8) is 0 Å². The van der Waals surface area contributed by atoms with Crippen LogP contribution in [0.15, 0.2) is 34.4 Å². The molecule has 28 heavy (non-hydrogen) atoms. The van der Waals surface area contributed by atoms with Gasteiger partial charge in [0.1, 0.15) is 16.4 Å². The molecule has 0 aliphatic rings. The number of thiophene rings is 1. The van der Waals surface area contributed by atoms with Gasteiger partial charge in [0.15, 0.2) is 0 Å². The van der Waals surface area contributed by atoms with Gasteiger partial charge in [-0.25, -0.2) is 4.98 Å². The fraction of sp³-hybridized carbons (Fsp3) is 0.435. The Morgan fingerprint density at radius 3 is 2.36 bits per heavy atom. The van der Waals surface area contributed by atoms with Crippen molar-refractivity contribution in [3.8, 4) is 11.1 Å². The zero-order chi connectivity index (χ0) is 20.6. The molecule has 0 saturated heterocycles. The Labute approximate surface area is 170 Å². The van der Waals surface area contributed by atoms with Crippen molar-refractivity contribution in [1.29, 1.82) is 0 Å². The summed E-state index contributed by atoms with van der Waals surface area (Å²) in [4.78, 5) is 30.4. The van der Waals surface area contributed by atoms with Gasteiger partial charge in [-0.1, -0.05) is 58.9 Å². The van der Waals surface area contributed by atoms with E-state index in [1.807, 2.05) is 19.2 Å². The van der Waals surface area contributed by atoms with E-state index >= 15 is 0 Å². The second kappa shape index (κ2) is 7.63. The summed E-state index contributed by atoms with van der Waals surface area (Å²) in [5.74, 6) is 0.931. The number of fused-ring (bicyclic) bond motifs is 1. The van der Waals surface area contributed by atoms with Crippen molar-refractivity contribution in [3.05, 3.63) is 51.4 Å². The topological polar surface area (TPSA) is 52.0 Å². The fourth-order valence-corrected chi connectivity index (χ4v) is 4.27. The number of Topliss-reactive ketones (excluding diaryl/α,β-unsaturated/α-hetero) is 1. The van der Waals surface area contributed by atoms with Crippen molar-refractivity contribution in [2.75, 3.05) is 0 Å². The molecule has 0 fully saturated rings. The summed E-state index contributed by atoms with van der Waals surface area (Å²) < 4.78 is 1.69. The second-order valence-electron chi connectivity index (χ2n) is 8.69. The predicted molar refractivity (Wildman–Crippen MR) is 117 cm³/mol. The summed E-state index contributed by atoms with van der Waals surface area (Å²) in [6, 6.07) is 8.42. The fourth-order valence-electron chi connectivity index (χ4n) is 3.33. The van der Waals surface area contributed by atoms with Crippen LogP contribution in [-0.4, -0.2) is 15.3 Å². The van der Waals surface area contributed by atoms with Crippen LogP contribution in [0.5, 0.6) is 0 Å². The molecule has 2 heterocycles. The van der Waals surface area contributed by atoms with Gasteiger partial charge in [0, 0.05) is 29.8 Å². The molecule has 0 N–H and O–H groups in total. The van der Waals surface area contributed by atoms with Gasteiger partial charge in [-0.05, 0) is 23.5 Å². The minimum absolute atomic E-state index is 0.0499. The van der Waals surface area contributed by atoms with Crippen LogP contribution in [0.3, 0.4) is 0 Å². The molecular weight excluding hydrogens is 368 g/mol. The minimum Gasteiger partial charge on any atom is -0.300 e. The third kappa shape index (κ3) is 3.95. The first-order valence-electron chi connectivity index (χ1n) is 9.72. The molecule has 0 atom stereocenters. The number of benzene rings is 1. The summed E-state index contributed by atoms with van der Waals surface area (Å²) in [6.45, 7) is 12.5. The van der Waals surface area contributed by atoms with E-state index in [2.05, 4.69) is 45.0 Å². The van der Waals surface area contributed by atoms with Crippen molar-refractivity contribution < 1.29 is 4.79 Å². The lowest BCUT2D eigenvalue weighted by atomic mass is 9.86. The van der Waals surface area contributed by atoms with Crippen LogP contribution in [0.25, 0.3) is 21.3 Å². The summed E-state index contributed by atoms with van der Waals surface area (Å²) >= 11 is 1.51. The van der Waals surface area contributed by atoms with E-state index in [0.717, 1.165) is 21.8 Å². The van der Waals surface area contributed by atoms with Gasteiger partial charge < -0.3 is 0 Å². The quantitative estimate of drug-likeness (QED) is 0.570. The van der Waals surface area contributed by atoms with E-state index in [4.69, 9.17) is 4.98 Å². The molecule has 2 aromatic heterocycles. The van der Waals surface area contributed by atoms with Crippen LogP contribution in [0.2, 0.25) is 0 Å². The molecule has 3 rings (SSSR count). The van der Waals surface area contributed by atoms with Gasteiger partial charge in [0.05, 0.1) is 5.39 Å². The number of carbonyl (C=O) groups excluding carboxylic acids is 1. The Kier molecular flexibility index (Phi) is 5.57. The molecule has 0 amide bonds. The van der Waals surface area contributed by atoms with Crippen LogP contribution < -0.4 is 5.56 Å². The number of hydrogen-bond donors (Lipinski definition) is 0. The molecule has 0 saturated carbocycles. The Hall–Kier alpha value is -2.27. The molecule has 0 bridgehead atoms. The molecule has 148 valence electrons. The molecular formula is C23H28N2O2S. The Morgan fingerprint density at radius 1 is 1.18 bits per heavy atom. The van der Waals surface area contributed by atoms with Gasteiger partial charge in [-0.15, -0.1) is 11.3 Å². The van der Waals surface area contributed by atoms with Crippen LogP contribution in [0, 0.1) is 0 Å². The highest BCUT2D eigenvalue weighted by molar-refractivity contribution is 7.17. The van der Waals surface area contributed by atoms with E-state index in [-0.39, 0.29) is 22.7 Å². The molecule has 0 aliphatic heterocycles. The van der Waals surface area contributed by atoms with E-state index < -0.39 is 0 Å². The molecule has 1 aromatic carbocycles. The normalized spacial score (nSPS) is 12.1. The number of nitrogens with zero attached hydrogens (tertiary/aromatic N) is 2. The third-order valence-electron chi connectivity index (χ3n) is 4.99. The van der Waals surface area contributed by atoms with E-state index in [0.29, 0.717) is 18.4 Å². The van der Waals surface area contributed by atoms with Gasteiger partial charge in [-0.3, -0.25) is 14.2 Å². The minimum atomic E-state index is -0.0499. The largest absolute Gasteiger partial charge is 0.300 e. The summed E-state index contributed by atoms with van der Waals surface area (Å²) in [6.07, 6.45) is 0.340. The standard InChI is InChI=1S/C23H28N2O2S/c1-14(2)20-24-21-19(22(27)25(20)12-11-15(3)26)18(13-28-21)16-7-9-17(10-8-16)23(4,5)6/h7-10,13-14H,11-12H2,1-6H3. The maximum absolute atomic E-state index is 13.4. The molecule has 5 heteroatoms. The van der Waals surface area contributed by atoms with E-state index in [9.17, 15) is 9.59 Å². The van der Waals surface area contributed by atoms with Crippen molar-refractivity contribution in [1.82, 2.24) is 9.55 Å². The summed E-state index contributed by atoms with van der Waals surface area (Å²) in [5, 5.41) is 2.67. The average Bonchev–Trinajstić information content (AvgIpc) is 3.04. The van der Waals surface area contributed by atoms with Gasteiger partial charge in [0.25, 0.3) is 5.56 Å². The number of rotatable bonds is 5. The lowest BCUT2D eigenvalue weighted by molar-refractivity contribution is -0.117. The summed E-state index contributed by atoms with van der Waals surface area (Å²) in [7, 11) is 0. The zero-order valence-electron chi connectivity index (χ0n) is 17.5. The number of hydrogen-bond acceptors (Lipinski definition) is 4. The van der Waals surface area contributed by atoms with Crippen molar-refractivity contribution >= 4 is 27.3 Å². The van der Waals surface area contributed by atoms with Crippen LogP contribution in [-0.2, 0) is 16.8 Å². The Bertz CT molecular complexity index is 1070. The zero-order valence-corrected chi connectivity index (χ0v) is 18.3. The Balaban J connectivity index is 2.16. The van der Waals surface area contributed by atoms with Crippen LogP contribution >= 0.6 is 11.3 Å². The molecule has 3 aromatic rings. The number of carbonyl (C=O) groups is 1. The van der Waals surface area contributed by atoms with Crippen LogP contribution in [0.1, 0.15) is 65.3 Å². The maximum Gasteiger partial charge on any atom is 0.262 e.